The predicted octanol–water partition coefficient (Wildman–Crippen LogP) is 9.69. The van der Waals surface area contributed by atoms with E-state index in [1.807, 2.05) is 36.4 Å². The molecule has 64 heavy (non-hydrogen) atoms. The van der Waals surface area contributed by atoms with Crippen LogP contribution in [0.4, 0.5) is 19.0 Å². The number of ether oxygens (including phenoxy) is 2. The Kier molecular flexibility index (Phi) is 10.0. The first kappa shape index (κ1) is 39.7. The molecule has 16 nitrogen and oxygen atoms in total. The Bertz CT molecular complexity index is 3460. The molecule has 0 saturated heterocycles. The highest BCUT2D eigenvalue weighted by molar-refractivity contribution is 7.99. The first-order valence-corrected chi connectivity index (χ1v) is 22.5. The number of fused-ring (bicyclic) bond motifs is 4. The lowest BCUT2D eigenvalue weighted by molar-refractivity contribution is -0.126. The molecule has 1 aliphatic carbocycles. The van der Waals surface area contributed by atoms with Crippen LogP contribution in [0.3, 0.4) is 0 Å². The first-order chi connectivity index (χ1) is 31.2. The van der Waals surface area contributed by atoms with Crippen LogP contribution in [-0.2, 0) is 9.59 Å². The molecule has 0 radical (unpaired) electrons. The smallest absolute Gasteiger partial charge is 0.237 e. The zero-order valence-corrected chi connectivity index (χ0v) is 35.8. The van der Waals surface area contributed by atoms with E-state index in [9.17, 15) is 18.4 Å². The van der Waals surface area contributed by atoms with Crippen molar-refractivity contribution in [1.29, 1.82) is 0 Å². The Balaban J connectivity index is 0.719. The highest BCUT2D eigenvalue weighted by Gasteiger charge is 2.51. The standard InChI is InChI=1S/C42H26F2N12O4S4/c43-22-3-1-5-24(17-22)59-35-13-11-32-49-51-40(55(32)53-35)61-26-7-9-28-30(19-26)63-38(45-28)47-34(57)21-42(15-16-42)37(58)48-39-46-29-10-8-27(20-31(29)64-39)62-41-52-50-33-12-14-36(54-56(33)41)60-25-6-2-4-23(44)18-25/h1-14,17-20H,15-16,21H2,(H,45,47,57)(H,46,48,58). The van der Waals surface area contributed by atoms with E-state index in [2.05, 4.69) is 51.2 Å². The summed E-state index contributed by atoms with van der Waals surface area (Å²) in [6.07, 6.45) is 1.13. The lowest BCUT2D eigenvalue weighted by atomic mass is 10.0. The Morgan fingerprint density at radius 1 is 0.641 bits per heavy atom. The fourth-order valence-corrected chi connectivity index (χ4v) is 10.3. The number of amides is 2. The van der Waals surface area contributed by atoms with Crippen LogP contribution in [0.1, 0.15) is 19.3 Å². The Labute approximate surface area is 375 Å². The van der Waals surface area contributed by atoms with Crippen LogP contribution in [-0.4, -0.2) is 61.4 Å². The third kappa shape index (κ3) is 8.25. The van der Waals surface area contributed by atoms with Crippen molar-refractivity contribution in [1.82, 2.24) is 49.6 Å². The summed E-state index contributed by atoms with van der Waals surface area (Å²) in [5.41, 5.74) is 1.57. The third-order valence-corrected chi connectivity index (χ3v) is 13.6. The van der Waals surface area contributed by atoms with Crippen molar-refractivity contribution >= 4 is 100 Å². The molecule has 4 aromatic carbocycles. The van der Waals surface area contributed by atoms with Gasteiger partial charge in [0.2, 0.25) is 33.9 Å². The average molecular weight is 929 g/mol. The number of benzene rings is 4. The zero-order valence-electron chi connectivity index (χ0n) is 32.5. The van der Waals surface area contributed by atoms with Gasteiger partial charge in [-0.3, -0.25) is 9.59 Å². The summed E-state index contributed by atoms with van der Waals surface area (Å²) in [6, 6.07) is 29.6. The number of hydrogen-bond donors (Lipinski definition) is 2. The second-order valence-corrected chi connectivity index (χ2v) is 18.6. The molecule has 10 aromatic rings. The van der Waals surface area contributed by atoms with Crippen LogP contribution >= 0.6 is 46.2 Å². The third-order valence-electron chi connectivity index (χ3n) is 9.90. The SMILES string of the molecule is O=C(CC1(C(=O)Nc2nc3ccc(Sc4nnc5ccc(Oc6cccc(F)c6)nn45)cc3s2)CC1)Nc1nc2ccc(Sc3nnc4ccc(Oc5cccc(F)c5)nn34)cc2s1. The summed E-state index contributed by atoms with van der Waals surface area (Å²) in [6.45, 7) is 0. The van der Waals surface area contributed by atoms with Crippen LogP contribution < -0.4 is 20.1 Å². The van der Waals surface area contributed by atoms with E-state index in [0.29, 0.717) is 67.2 Å². The van der Waals surface area contributed by atoms with Crippen molar-refractivity contribution in [2.75, 3.05) is 10.6 Å². The minimum Gasteiger partial charge on any atom is -0.437 e. The molecule has 2 amide bonds. The van der Waals surface area contributed by atoms with E-state index in [-0.39, 0.29) is 30.0 Å². The fraction of sp³-hybridized carbons (Fsp3) is 0.0952. The van der Waals surface area contributed by atoms with Gasteiger partial charge >= 0.3 is 0 Å². The zero-order chi connectivity index (χ0) is 43.4. The van der Waals surface area contributed by atoms with E-state index in [1.165, 1.54) is 70.5 Å². The summed E-state index contributed by atoms with van der Waals surface area (Å²) >= 11 is 5.32. The lowest BCUT2D eigenvalue weighted by Crippen LogP contribution is -2.28. The largest absolute Gasteiger partial charge is 0.437 e. The van der Waals surface area contributed by atoms with Crippen molar-refractivity contribution in [3.8, 4) is 23.3 Å². The predicted molar refractivity (Wildman–Crippen MR) is 236 cm³/mol. The van der Waals surface area contributed by atoms with Gasteiger partial charge in [0.25, 0.3) is 0 Å². The van der Waals surface area contributed by atoms with E-state index in [0.717, 1.165) is 19.2 Å². The average Bonchev–Trinajstić information content (AvgIpc) is 3.56. The quantitative estimate of drug-likeness (QED) is 0.111. The molecular weight excluding hydrogens is 903 g/mol. The second kappa shape index (κ2) is 16.2. The maximum absolute atomic E-state index is 13.7. The minimum atomic E-state index is -0.848. The molecule has 1 aliphatic rings. The number of hydrogen-bond acceptors (Lipinski definition) is 16. The molecule has 1 fully saturated rings. The Morgan fingerprint density at radius 2 is 1.16 bits per heavy atom. The van der Waals surface area contributed by atoms with Gasteiger partial charge in [0, 0.05) is 40.5 Å². The maximum Gasteiger partial charge on any atom is 0.237 e. The van der Waals surface area contributed by atoms with Gasteiger partial charge in [-0.25, -0.2) is 18.7 Å². The first-order valence-electron chi connectivity index (χ1n) is 19.3. The molecule has 1 saturated carbocycles. The molecule has 2 N–H and O–H groups in total. The van der Waals surface area contributed by atoms with Gasteiger partial charge in [-0.05, 0) is 109 Å². The van der Waals surface area contributed by atoms with Gasteiger partial charge in [0.15, 0.2) is 21.6 Å². The lowest BCUT2D eigenvalue weighted by Gasteiger charge is -2.13. The Morgan fingerprint density at radius 3 is 1.66 bits per heavy atom. The van der Waals surface area contributed by atoms with Gasteiger partial charge in [-0.2, -0.15) is 9.03 Å². The number of carbonyl (C=O) groups excluding carboxylic acids is 2. The van der Waals surface area contributed by atoms with Crippen LogP contribution in [0.2, 0.25) is 0 Å². The molecule has 0 unspecified atom stereocenters. The van der Waals surface area contributed by atoms with Gasteiger partial charge in [0.05, 0.1) is 25.8 Å². The highest BCUT2D eigenvalue weighted by atomic mass is 32.2. The molecule has 0 spiro atoms. The van der Waals surface area contributed by atoms with Crippen LogP contribution in [0.25, 0.3) is 31.7 Å². The van der Waals surface area contributed by atoms with Crippen molar-refractivity contribution in [3.63, 3.8) is 0 Å². The number of nitrogens with zero attached hydrogens (tertiary/aromatic N) is 10. The van der Waals surface area contributed by atoms with Crippen LogP contribution in [0.5, 0.6) is 23.3 Å². The number of nitrogens with one attached hydrogen (secondary N) is 2. The number of aromatic nitrogens is 10. The van der Waals surface area contributed by atoms with E-state index in [1.54, 1.807) is 57.6 Å². The van der Waals surface area contributed by atoms with Crippen molar-refractivity contribution < 1.29 is 27.8 Å². The van der Waals surface area contributed by atoms with Gasteiger partial charge < -0.3 is 20.1 Å². The van der Waals surface area contributed by atoms with Crippen molar-refractivity contribution in [2.45, 2.75) is 39.4 Å². The molecule has 6 heterocycles. The summed E-state index contributed by atoms with van der Waals surface area (Å²) in [4.78, 5) is 37.8. The van der Waals surface area contributed by atoms with Crippen molar-refractivity contribution in [2.24, 2.45) is 5.41 Å². The maximum atomic E-state index is 13.7. The van der Waals surface area contributed by atoms with Crippen LogP contribution in [0, 0.1) is 17.0 Å². The summed E-state index contributed by atoms with van der Waals surface area (Å²) in [5, 5.41) is 33.6. The van der Waals surface area contributed by atoms with E-state index >= 15 is 0 Å². The summed E-state index contributed by atoms with van der Waals surface area (Å²) in [5.74, 6) is -0.301. The molecule has 6 aromatic heterocycles. The summed E-state index contributed by atoms with van der Waals surface area (Å²) in [7, 11) is 0. The molecule has 0 bridgehead atoms. The molecule has 22 heteroatoms. The van der Waals surface area contributed by atoms with Gasteiger partial charge in [-0.15, -0.1) is 30.6 Å². The normalized spacial score (nSPS) is 13.2. The van der Waals surface area contributed by atoms with E-state index in [4.69, 9.17) is 9.47 Å². The highest BCUT2D eigenvalue weighted by Crippen LogP contribution is 2.50. The topological polar surface area (TPSA) is 189 Å². The molecule has 0 atom stereocenters. The Hall–Kier alpha value is -7.14. The number of thiazole rings is 2. The number of rotatable bonds is 13. The number of carbonyl (C=O) groups is 2. The van der Waals surface area contributed by atoms with Crippen LogP contribution in [0.15, 0.2) is 129 Å². The molecule has 11 rings (SSSR count). The number of halogens is 2. The molecule has 0 aliphatic heterocycles. The minimum absolute atomic E-state index is 0.00521. The monoisotopic (exact) mass is 928 g/mol. The fourth-order valence-electron chi connectivity index (χ4n) is 6.63. The number of anilines is 2. The second-order valence-electron chi connectivity index (χ2n) is 14.4. The van der Waals surface area contributed by atoms with Gasteiger partial charge in [0.1, 0.15) is 23.1 Å². The van der Waals surface area contributed by atoms with Crippen molar-refractivity contribution in [3.05, 3.63) is 121 Å². The molecule has 316 valence electrons. The molecular formula is C42H26F2N12O4S4. The van der Waals surface area contributed by atoms with Gasteiger partial charge in [-0.1, -0.05) is 34.8 Å². The van der Waals surface area contributed by atoms with E-state index < -0.39 is 17.0 Å². The summed E-state index contributed by atoms with van der Waals surface area (Å²) < 4.78 is 43.6.